The van der Waals surface area contributed by atoms with Crippen molar-refractivity contribution >= 4 is 16.9 Å². The molecule has 1 aliphatic rings. The molecule has 28 heavy (non-hydrogen) atoms. The lowest BCUT2D eigenvalue weighted by Crippen LogP contribution is -2.27. The molecule has 144 valence electrons. The zero-order valence-corrected chi connectivity index (χ0v) is 15.5. The maximum Gasteiger partial charge on any atom is 0.352 e. The van der Waals surface area contributed by atoms with E-state index in [-0.39, 0.29) is 11.1 Å². The molecule has 0 unspecified atom stereocenters. The van der Waals surface area contributed by atoms with Gasteiger partial charge in [0.2, 0.25) is 0 Å². The summed E-state index contributed by atoms with van der Waals surface area (Å²) in [5.41, 5.74) is 1.42. The van der Waals surface area contributed by atoms with Crippen LogP contribution in [-0.2, 0) is 13.2 Å². The van der Waals surface area contributed by atoms with Gasteiger partial charge in [-0.2, -0.15) is 0 Å². The normalized spacial score (nSPS) is 14.4. The largest absolute Gasteiger partial charge is 0.487 e. The summed E-state index contributed by atoms with van der Waals surface area (Å²) in [6.07, 6.45) is 2.15. The highest BCUT2D eigenvalue weighted by molar-refractivity contribution is 5.93. The van der Waals surface area contributed by atoms with Gasteiger partial charge in [0.05, 0.1) is 5.52 Å². The van der Waals surface area contributed by atoms with Crippen LogP contribution in [-0.4, -0.2) is 34.0 Å². The molecule has 3 aromatic rings. The van der Waals surface area contributed by atoms with Crippen LogP contribution in [0.4, 0.5) is 0 Å². The number of pyridine rings is 1. The van der Waals surface area contributed by atoms with Crippen LogP contribution in [0.5, 0.6) is 5.75 Å². The van der Waals surface area contributed by atoms with E-state index in [9.17, 15) is 14.7 Å². The number of para-hydroxylation sites is 1. The number of hydrogen-bond donors (Lipinski definition) is 2. The molecule has 6 nitrogen and oxygen atoms in total. The number of hydrogen-bond acceptors (Lipinski definition) is 4. The van der Waals surface area contributed by atoms with E-state index >= 15 is 0 Å². The van der Waals surface area contributed by atoms with Crippen molar-refractivity contribution in [1.82, 2.24) is 9.88 Å². The minimum absolute atomic E-state index is 0.0554. The molecule has 2 heterocycles. The predicted octanol–water partition coefficient (Wildman–Crippen LogP) is 3.40. The number of aromatic amines is 1. The Labute approximate surface area is 162 Å². The van der Waals surface area contributed by atoms with E-state index in [1.807, 2.05) is 30.3 Å². The van der Waals surface area contributed by atoms with Crippen LogP contribution in [0.15, 0.2) is 53.3 Å². The van der Waals surface area contributed by atoms with E-state index in [4.69, 9.17) is 4.74 Å². The first-order valence-corrected chi connectivity index (χ1v) is 9.44. The summed E-state index contributed by atoms with van der Waals surface area (Å²) in [6, 6.07) is 14.9. The Morgan fingerprint density at radius 1 is 1.07 bits per heavy atom. The number of H-pyrrole nitrogens is 1. The van der Waals surface area contributed by atoms with E-state index in [1.165, 1.54) is 0 Å². The maximum atomic E-state index is 13.1. The van der Waals surface area contributed by atoms with Crippen molar-refractivity contribution in [3.05, 3.63) is 75.6 Å². The number of aromatic carboxylic acids is 1. The number of nitrogens with zero attached hydrogens (tertiary/aromatic N) is 1. The number of likely N-dealkylation sites (tertiary alicyclic amines) is 1. The fourth-order valence-electron chi connectivity index (χ4n) is 3.68. The molecule has 0 amide bonds. The van der Waals surface area contributed by atoms with Crippen molar-refractivity contribution in [2.45, 2.75) is 26.0 Å². The molecule has 1 aliphatic heterocycles. The number of benzene rings is 2. The van der Waals surface area contributed by atoms with Crippen LogP contribution < -0.4 is 10.2 Å². The third kappa shape index (κ3) is 3.64. The average molecular weight is 378 g/mol. The average Bonchev–Trinajstić information content (AvgIpc) is 3.22. The standard InChI is InChI=1S/C22H22N2O4/c25-21-16-9-6-10-18(28-14-15-7-2-1-3-8-15)19(16)23-20(22(26)27)17(21)13-24-11-4-5-12-24/h1-3,6-10H,4-5,11-14H2,(H,23,25)(H,26,27). The van der Waals surface area contributed by atoms with Gasteiger partial charge in [0.15, 0.2) is 5.43 Å². The van der Waals surface area contributed by atoms with Gasteiger partial charge in [-0.15, -0.1) is 0 Å². The summed E-state index contributed by atoms with van der Waals surface area (Å²) in [7, 11) is 0. The molecule has 6 heteroatoms. The van der Waals surface area contributed by atoms with Gasteiger partial charge in [0.1, 0.15) is 18.1 Å². The molecule has 1 saturated heterocycles. The molecule has 0 spiro atoms. The third-order valence-electron chi connectivity index (χ3n) is 5.13. The molecule has 1 fully saturated rings. The van der Waals surface area contributed by atoms with Crippen LogP contribution >= 0.6 is 0 Å². The maximum absolute atomic E-state index is 13.1. The summed E-state index contributed by atoms with van der Waals surface area (Å²) in [6.45, 7) is 2.45. The van der Waals surface area contributed by atoms with Gasteiger partial charge in [-0.1, -0.05) is 36.4 Å². The first-order chi connectivity index (χ1) is 13.6. The number of ether oxygens (including phenoxy) is 1. The Morgan fingerprint density at radius 2 is 1.82 bits per heavy atom. The summed E-state index contributed by atoms with van der Waals surface area (Å²) in [5.74, 6) is -0.667. The molecule has 0 saturated carbocycles. The van der Waals surface area contributed by atoms with Gasteiger partial charge in [0, 0.05) is 17.5 Å². The van der Waals surface area contributed by atoms with Crippen molar-refractivity contribution in [3.8, 4) is 5.75 Å². The zero-order chi connectivity index (χ0) is 19.5. The van der Waals surface area contributed by atoms with Crippen LogP contribution in [0.25, 0.3) is 10.9 Å². The Balaban J connectivity index is 1.74. The van der Waals surface area contributed by atoms with Gasteiger partial charge in [-0.05, 0) is 43.6 Å². The second-order valence-corrected chi connectivity index (χ2v) is 7.05. The van der Waals surface area contributed by atoms with Crippen LogP contribution in [0, 0.1) is 0 Å². The molecule has 1 aromatic heterocycles. The molecule has 2 aromatic carbocycles. The first-order valence-electron chi connectivity index (χ1n) is 9.44. The highest BCUT2D eigenvalue weighted by Gasteiger charge is 2.22. The molecule has 4 rings (SSSR count). The van der Waals surface area contributed by atoms with Gasteiger partial charge < -0.3 is 14.8 Å². The Morgan fingerprint density at radius 3 is 2.54 bits per heavy atom. The van der Waals surface area contributed by atoms with Crippen LogP contribution in [0.3, 0.4) is 0 Å². The lowest BCUT2D eigenvalue weighted by Gasteiger charge is -2.17. The highest BCUT2D eigenvalue weighted by Crippen LogP contribution is 2.25. The second-order valence-electron chi connectivity index (χ2n) is 7.05. The SMILES string of the molecule is O=C(O)c1[nH]c2c(OCc3ccccc3)cccc2c(=O)c1CN1CCCC1. The molecule has 0 atom stereocenters. The number of nitrogens with one attached hydrogen (secondary N) is 1. The quantitative estimate of drug-likeness (QED) is 0.687. The van der Waals surface area contributed by atoms with Crippen LogP contribution in [0.2, 0.25) is 0 Å². The number of fused-ring (bicyclic) bond motifs is 1. The van der Waals surface area contributed by atoms with Crippen molar-refractivity contribution < 1.29 is 14.6 Å². The van der Waals surface area contributed by atoms with Gasteiger partial charge in [0.25, 0.3) is 0 Å². The Kier molecular flexibility index (Phi) is 5.12. The fourth-order valence-corrected chi connectivity index (χ4v) is 3.68. The lowest BCUT2D eigenvalue weighted by molar-refractivity contribution is 0.0688. The third-order valence-corrected chi connectivity index (χ3v) is 5.13. The summed E-state index contributed by atoms with van der Waals surface area (Å²) in [4.78, 5) is 30.0. The number of carbonyl (C=O) groups is 1. The molecule has 2 N–H and O–H groups in total. The summed E-state index contributed by atoms with van der Waals surface area (Å²) >= 11 is 0. The van der Waals surface area contributed by atoms with E-state index < -0.39 is 5.97 Å². The van der Waals surface area contributed by atoms with Gasteiger partial charge in [-0.3, -0.25) is 9.69 Å². The molecule has 0 aliphatic carbocycles. The fraction of sp³-hybridized carbons (Fsp3) is 0.273. The highest BCUT2D eigenvalue weighted by atomic mass is 16.5. The van der Waals surface area contributed by atoms with Crippen molar-refractivity contribution in [2.75, 3.05) is 13.1 Å². The number of aromatic nitrogens is 1. The van der Waals surface area contributed by atoms with Gasteiger partial charge >= 0.3 is 5.97 Å². The number of carboxylic acid groups (broad SMARTS) is 1. The van der Waals surface area contributed by atoms with Crippen LogP contribution in [0.1, 0.15) is 34.5 Å². The minimum Gasteiger partial charge on any atom is -0.487 e. The molecular weight excluding hydrogens is 356 g/mol. The van der Waals surface area contributed by atoms with Crippen molar-refractivity contribution in [3.63, 3.8) is 0 Å². The van der Waals surface area contributed by atoms with Gasteiger partial charge in [-0.25, -0.2) is 4.79 Å². The Hall–Kier alpha value is -3.12. The van der Waals surface area contributed by atoms with E-state index in [1.54, 1.807) is 18.2 Å². The summed E-state index contributed by atoms with van der Waals surface area (Å²) in [5, 5.41) is 10.1. The van der Waals surface area contributed by atoms with E-state index in [0.29, 0.717) is 35.4 Å². The monoisotopic (exact) mass is 378 g/mol. The van der Waals surface area contributed by atoms with E-state index in [2.05, 4.69) is 9.88 Å². The Bertz CT molecular complexity index is 1050. The zero-order valence-electron chi connectivity index (χ0n) is 15.5. The first kappa shape index (κ1) is 18.3. The number of rotatable bonds is 6. The lowest BCUT2D eigenvalue weighted by atomic mass is 10.1. The molecule has 0 radical (unpaired) electrons. The minimum atomic E-state index is -1.13. The van der Waals surface area contributed by atoms with Crippen molar-refractivity contribution in [2.24, 2.45) is 0 Å². The predicted molar refractivity (Wildman–Crippen MR) is 107 cm³/mol. The molecular formula is C22H22N2O4. The number of carboxylic acids is 1. The topological polar surface area (TPSA) is 82.6 Å². The second kappa shape index (κ2) is 7.86. The summed E-state index contributed by atoms with van der Waals surface area (Å²) < 4.78 is 5.89. The van der Waals surface area contributed by atoms with Crippen molar-refractivity contribution in [1.29, 1.82) is 0 Å². The molecule has 0 bridgehead atoms. The van der Waals surface area contributed by atoms with E-state index in [0.717, 1.165) is 31.5 Å². The smallest absolute Gasteiger partial charge is 0.352 e.